The van der Waals surface area contributed by atoms with Crippen LogP contribution in [0.5, 0.6) is 0 Å². The highest BCUT2D eigenvalue weighted by molar-refractivity contribution is 5.99. The number of carbonyl (C=O) groups excluding carboxylic acids is 1. The maximum atomic E-state index is 14.1. The van der Waals surface area contributed by atoms with E-state index in [1.54, 1.807) is 17.3 Å². The summed E-state index contributed by atoms with van der Waals surface area (Å²) >= 11 is 0. The van der Waals surface area contributed by atoms with E-state index in [0.717, 1.165) is 11.6 Å². The van der Waals surface area contributed by atoms with Gasteiger partial charge in [0.15, 0.2) is 0 Å². The number of nitrogen functional groups attached to an aromatic ring is 1. The molecule has 1 aromatic heterocycles. The third-order valence-corrected chi connectivity index (χ3v) is 3.23. The molecule has 6 heteroatoms. The van der Waals surface area contributed by atoms with Crippen LogP contribution >= 0.6 is 0 Å². The number of carbonyl (C=O) groups is 1. The smallest absolute Gasteiger partial charge is 0.250 e. The molecule has 0 aliphatic heterocycles. The van der Waals surface area contributed by atoms with Gasteiger partial charge in [0.1, 0.15) is 5.82 Å². The summed E-state index contributed by atoms with van der Waals surface area (Å²) < 4.78 is 14.1. The summed E-state index contributed by atoms with van der Waals surface area (Å²) in [7, 11) is 0. The minimum Gasteiger partial charge on any atom is -0.398 e. The predicted molar refractivity (Wildman–Crippen MR) is 80.3 cm³/mol. The number of halogens is 1. The Bertz CT molecular complexity index is 646. The quantitative estimate of drug-likeness (QED) is 0.823. The number of amides is 1. The molecule has 0 saturated heterocycles. The summed E-state index contributed by atoms with van der Waals surface area (Å²) in [5.41, 5.74) is 12.3. The van der Waals surface area contributed by atoms with E-state index >= 15 is 0 Å². The minimum absolute atomic E-state index is 0.0451. The van der Waals surface area contributed by atoms with Crippen molar-refractivity contribution in [3.8, 4) is 0 Å². The number of benzene rings is 1. The van der Waals surface area contributed by atoms with Crippen LogP contribution in [-0.2, 0) is 6.54 Å². The minimum atomic E-state index is -0.672. The Kier molecular flexibility index (Phi) is 4.37. The van der Waals surface area contributed by atoms with Crippen molar-refractivity contribution in [3.05, 3.63) is 53.6 Å². The first-order valence-electron chi connectivity index (χ1n) is 6.55. The van der Waals surface area contributed by atoms with Gasteiger partial charge >= 0.3 is 0 Å². The average Bonchev–Trinajstić information content (AvgIpc) is 2.46. The lowest BCUT2D eigenvalue weighted by molar-refractivity contribution is 0.100. The molecule has 0 unspecified atom stereocenters. The fourth-order valence-corrected chi connectivity index (χ4v) is 2.11. The fraction of sp³-hybridized carbons (Fsp3) is 0.200. The van der Waals surface area contributed by atoms with Crippen molar-refractivity contribution in [2.45, 2.75) is 13.5 Å². The first-order valence-corrected chi connectivity index (χ1v) is 6.55. The second-order valence-corrected chi connectivity index (χ2v) is 4.62. The first-order chi connectivity index (χ1) is 10.0. The summed E-state index contributed by atoms with van der Waals surface area (Å²) in [6.45, 7) is 2.97. The topological polar surface area (TPSA) is 85.2 Å². The average molecular weight is 288 g/mol. The maximum Gasteiger partial charge on any atom is 0.250 e. The van der Waals surface area contributed by atoms with E-state index in [9.17, 15) is 9.18 Å². The highest BCUT2D eigenvalue weighted by Crippen LogP contribution is 2.26. The van der Waals surface area contributed by atoms with Crippen molar-refractivity contribution in [3.63, 3.8) is 0 Å². The molecule has 110 valence electrons. The van der Waals surface area contributed by atoms with Crippen LogP contribution in [0.2, 0.25) is 0 Å². The first kappa shape index (κ1) is 14.8. The van der Waals surface area contributed by atoms with Gasteiger partial charge in [-0.1, -0.05) is 0 Å². The lowest BCUT2D eigenvalue weighted by Gasteiger charge is -2.24. The van der Waals surface area contributed by atoms with Crippen LogP contribution in [-0.4, -0.2) is 17.4 Å². The van der Waals surface area contributed by atoms with Crippen molar-refractivity contribution in [2.24, 2.45) is 5.73 Å². The molecule has 2 aromatic rings. The zero-order valence-corrected chi connectivity index (χ0v) is 11.7. The Labute approximate surface area is 122 Å². The Hall–Kier alpha value is -2.63. The molecular weight excluding hydrogens is 271 g/mol. The van der Waals surface area contributed by atoms with E-state index in [-0.39, 0.29) is 11.3 Å². The largest absolute Gasteiger partial charge is 0.398 e. The maximum absolute atomic E-state index is 14.1. The number of aromatic nitrogens is 1. The SMILES string of the molecule is CCN(Cc1ccncc1)c1cc(C(N)=O)c(N)cc1F. The van der Waals surface area contributed by atoms with Crippen molar-refractivity contribution in [1.29, 1.82) is 0 Å². The van der Waals surface area contributed by atoms with Gasteiger partial charge in [-0.3, -0.25) is 9.78 Å². The molecule has 1 aromatic carbocycles. The summed E-state index contributed by atoms with van der Waals surface area (Å²) in [5, 5.41) is 0. The molecule has 0 aliphatic carbocycles. The lowest BCUT2D eigenvalue weighted by atomic mass is 10.1. The van der Waals surface area contributed by atoms with Gasteiger partial charge in [-0.25, -0.2) is 4.39 Å². The van der Waals surface area contributed by atoms with Crippen LogP contribution in [0.3, 0.4) is 0 Å². The van der Waals surface area contributed by atoms with Gasteiger partial charge in [-0.15, -0.1) is 0 Å². The third-order valence-electron chi connectivity index (χ3n) is 3.23. The van der Waals surface area contributed by atoms with E-state index < -0.39 is 11.7 Å². The van der Waals surface area contributed by atoms with Gasteiger partial charge in [0.2, 0.25) is 0 Å². The van der Waals surface area contributed by atoms with Crippen molar-refractivity contribution in [1.82, 2.24) is 4.98 Å². The fourth-order valence-electron chi connectivity index (χ4n) is 2.11. The van der Waals surface area contributed by atoms with Crippen LogP contribution in [0.15, 0.2) is 36.7 Å². The van der Waals surface area contributed by atoms with E-state index in [1.165, 1.54) is 6.07 Å². The summed E-state index contributed by atoms with van der Waals surface area (Å²) in [6.07, 6.45) is 3.36. The van der Waals surface area contributed by atoms with Gasteiger partial charge in [0.05, 0.1) is 11.3 Å². The molecule has 4 N–H and O–H groups in total. The number of pyridine rings is 1. The highest BCUT2D eigenvalue weighted by atomic mass is 19.1. The lowest BCUT2D eigenvalue weighted by Crippen LogP contribution is -2.24. The number of hydrogen-bond acceptors (Lipinski definition) is 4. The second-order valence-electron chi connectivity index (χ2n) is 4.62. The van der Waals surface area contributed by atoms with Gasteiger partial charge in [0, 0.05) is 31.2 Å². The summed E-state index contributed by atoms with van der Waals surface area (Å²) in [6, 6.07) is 6.24. The third kappa shape index (κ3) is 3.28. The van der Waals surface area contributed by atoms with E-state index in [1.807, 2.05) is 19.1 Å². The predicted octanol–water partition coefficient (Wildman–Crippen LogP) is 1.93. The van der Waals surface area contributed by atoms with E-state index in [2.05, 4.69) is 4.98 Å². The van der Waals surface area contributed by atoms with Crippen molar-refractivity contribution < 1.29 is 9.18 Å². The molecule has 0 saturated carbocycles. The molecular formula is C15H17FN4O. The zero-order valence-electron chi connectivity index (χ0n) is 11.7. The molecule has 1 amide bonds. The number of nitrogens with two attached hydrogens (primary N) is 2. The highest BCUT2D eigenvalue weighted by Gasteiger charge is 2.16. The van der Waals surface area contributed by atoms with Gasteiger partial charge in [-0.2, -0.15) is 0 Å². The van der Waals surface area contributed by atoms with Crippen LogP contribution < -0.4 is 16.4 Å². The molecule has 0 fully saturated rings. The number of primary amides is 1. The molecule has 0 aliphatic rings. The Morgan fingerprint density at radius 2 is 2.00 bits per heavy atom. The van der Waals surface area contributed by atoms with Crippen molar-refractivity contribution in [2.75, 3.05) is 17.2 Å². The molecule has 0 bridgehead atoms. The molecule has 2 rings (SSSR count). The molecule has 0 radical (unpaired) electrons. The van der Waals surface area contributed by atoms with Crippen molar-refractivity contribution >= 4 is 17.3 Å². The molecule has 5 nitrogen and oxygen atoms in total. The van der Waals surface area contributed by atoms with E-state index in [4.69, 9.17) is 11.5 Å². The Morgan fingerprint density at radius 3 is 2.57 bits per heavy atom. The molecule has 1 heterocycles. The van der Waals surface area contributed by atoms with E-state index in [0.29, 0.717) is 18.8 Å². The number of nitrogens with zero attached hydrogens (tertiary/aromatic N) is 2. The molecule has 21 heavy (non-hydrogen) atoms. The summed E-state index contributed by atoms with van der Waals surface area (Å²) in [5.74, 6) is -1.15. The second kappa shape index (κ2) is 6.21. The van der Waals surface area contributed by atoms with Crippen LogP contribution in [0.25, 0.3) is 0 Å². The van der Waals surface area contributed by atoms with Crippen LogP contribution in [0.1, 0.15) is 22.8 Å². The molecule has 0 spiro atoms. The Balaban J connectivity index is 2.38. The zero-order chi connectivity index (χ0) is 15.4. The number of rotatable bonds is 5. The van der Waals surface area contributed by atoms with Crippen LogP contribution in [0, 0.1) is 5.82 Å². The number of anilines is 2. The van der Waals surface area contributed by atoms with Gasteiger partial charge < -0.3 is 16.4 Å². The van der Waals surface area contributed by atoms with Gasteiger partial charge in [0.25, 0.3) is 5.91 Å². The normalized spacial score (nSPS) is 10.4. The number of hydrogen-bond donors (Lipinski definition) is 2. The molecule has 0 atom stereocenters. The monoisotopic (exact) mass is 288 g/mol. The standard InChI is InChI=1S/C15H17FN4O/c1-2-20(9-10-3-5-19-6-4-10)14-7-11(15(18)21)13(17)8-12(14)16/h3-8H,2,9,17H2,1H3,(H2,18,21). The Morgan fingerprint density at radius 1 is 1.33 bits per heavy atom. The van der Waals surface area contributed by atoms with Crippen LogP contribution in [0.4, 0.5) is 15.8 Å². The van der Waals surface area contributed by atoms with Gasteiger partial charge in [-0.05, 0) is 36.8 Å². The summed E-state index contributed by atoms with van der Waals surface area (Å²) in [4.78, 5) is 17.1.